The third-order valence-corrected chi connectivity index (χ3v) is 5.18. The van der Waals surface area contributed by atoms with Crippen LogP contribution in [0.4, 0.5) is 0 Å². The van der Waals surface area contributed by atoms with Gasteiger partial charge in [0.05, 0.1) is 6.04 Å². The maximum Gasteiger partial charge on any atom is 0.241 e. The van der Waals surface area contributed by atoms with Gasteiger partial charge < -0.3 is 4.90 Å². The lowest BCUT2D eigenvalue weighted by Gasteiger charge is -2.38. The van der Waals surface area contributed by atoms with E-state index in [0.29, 0.717) is 17.9 Å². The fourth-order valence-electron chi connectivity index (χ4n) is 3.41. The third kappa shape index (κ3) is 2.59. The van der Waals surface area contributed by atoms with Crippen LogP contribution in [-0.4, -0.2) is 22.9 Å². The molecule has 0 bridgehead atoms. The smallest absolute Gasteiger partial charge is 0.241 e. The normalized spacial score (nSPS) is 27.8. The van der Waals surface area contributed by atoms with Crippen LogP contribution >= 0.6 is 0 Å². The first-order valence-electron chi connectivity index (χ1n) is 8.26. The standard InChI is InChI=1S/C18H26N2O/c1-4-13(3)16-18(21)20(15-9-6-10-15)17(19-16)14-8-5-7-12(2)11-14/h5,7-8,11,13,15-17,19H,4,6,9-10H2,1-3H3. The molecule has 3 heteroatoms. The molecule has 1 aliphatic carbocycles. The van der Waals surface area contributed by atoms with Gasteiger partial charge in [0.15, 0.2) is 0 Å². The predicted octanol–water partition coefficient (Wildman–Crippen LogP) is 3.39. The summed E-state index contributed by atoms with van der Waals surface area (Å²) in [5.41, 5.74) is 2.48. The fourth-order valence-corrected chi connectivity index (χ4v) is 3.41. The number of amides is 1. The quantitative estimate of drug-likeness (QED) is 0.920. The number of hydrogen-bond acceptors (Lipinski definition) is 2. The molecule has 1 aliphatic heterocycles. The van der Waals surface area contributed by atoms with Crippen molar-refractivity contribution in [2.45, 2.75) is 64.7 Å². The molecule has 21 heavy (non-hydrogen) atoms. The SMILES string of the molecule is CCC(C)C1NC(c2cccc(C)c2)N(C2CCC2)C1=O. The highest BCUT2D eigenvalue weighted by Crippen LogP contribution is 2.37. The molecule has 3 atom stereocenters. The molecule has 2 aliphatic rings. The van der Waals surface area contributed by atoms with E-state index in [9.17, 15) is 4.79 Å². The van der Waals surface area contributed by atoms with Gasteiger partial charge >= 0.3 is 0 Å². The largest absolute Gasteiger partial charge is 0.319 e. The van der Waals surface area contributed by atoms with Gasteiger partial charge in [-0.15, -0.1) is 0 Å². The molecule has 0 radical (unpaired) electrons. The molecule has 0 aromatic heterocycles. The molecule has 3 unspecified atom stereocenters. The molecular formula is C18H26N2O. The Morgan fingerprint density at radius 3 is 2.71 bits per heavy atom. The van der Waals surface area contributed by atoms with Crippen LogP contribution in [0.2, 0.25) is 0 Å². The van der Waals surface area contributed by atoms with Gasteiger partial charge in [0, 0.05) is 6.04 Å². The van der Waals surface area contributed by atoms with Crippen molar-refractivity contribution in [2.75, 3.05) is 0 Å². The van der Waals surface area contributed by atoms with Gasteiger partial charge in [-0.1, -0.05) is 50.1 Å². The third-order valence-electron chi connectivity index (χ3n) is 5.18. The second-order valence-electron chi connectivity index (χ2n) is 6.68. The Balaban J connectivity index is 1.91. The number of nitrogens with zero attached hydrogens (tertiary/aromatic N) is 1. The minimum absolute atomic E-state index is 0.0267. The summed E-state index contributed by atoms with van der Waals surface area (Å²) in [5.74, 6) is 0.690. The molecule has 3 rings (SSSR count). The predicted molar refractivity (Wildman–Crippen MR) is 84.8 cm³/mol. The van der Waals surface area contributed by atoms with Crippen LogP contribution in [-0.2, 0) is 4.79 Å². The topological polar surface area (TPSA) is 32.3 Å². The van der Waals surface area contributed by atoms with Crippen molar-refractivity contribution in [1.82, 2.24) is 10.2 Å². The lowest BCUT2D eigenvalue weighted by atomic mass is 9.90. The summed E-state index contributed by atoms with van der Waals surface area (Å²) in [5, 5.41) is 3.61. The summed E-state index contributed by atoms with van der Waals surface area (Å²) in [4.78, 5) is 15.0. The van der Waals surface area contributed by atoms with Crippen LogP contribution in [0.15, 0.2) is 24.3 Å². The van der Waals surface area contributed by atoms with Crippen LogP contribution < -0.4 is 5.32 Å². The number of benzene rings is 1. The lowest BCUT2D eigenvalue weighted by Crippen LogP contribution is -2.44. The molecule has 2 fully saturated rings. The summed E-state index contributed by atoms with van der Waals surface area (Å²) in [7, 11) is 0. The zero-order chi connectivity index (χ0) is 15.0. The van der Waals surface area contributed by atoms with Gasteiger partial charge in [0.25, 0.3) is 0 Å². The van der Waals surface area contributed by atoms with E-state index in [0.717, 1.165) is 19.3 Å². The number of rotatable bonds is 4. The van der Waals surface area contributed by atoms with Crippen molar-refractivity contribution in [3.63, 3.8) is 0 Å². The number of aryl methyl sites for hydroxylation is 1. The van der Waals surface area contributed by atoms with Crippen molar-refractivity contribution in [2.24, 2.45) is 5.92 Å². The number of carbonyl (C=O) groups is 1. The Bertz CT molecular complexity index is 524. The summed E-state index contributed by atoms with van der Waals surface area (Å²) in [6.07, 6.45) is 4.65. The lowest BCUT2D eigenvalue weighted by molar-refractivity contribution is -0.134. The Hall–Kier alpha value is -1.35. The van der Waals surface area contributed by atoms with E-state index in [1.807, 2.05) is 0 Å². The Morgan fingerprint density at radius 2 is 2.14 bits per heavy atom. The molecule has 3 nitrogen and oxygen atoms in total. The van der Waals surface area contributed by atoms with Gasteiger partial charge in [-0.3, -0.25) is 10.1 Å². The summed E-state index contributed by atoms with van der Waals surface area (Å²) in [6.45, 7) is 6.44. The molecule has 1 aromatic rings. The second-order valence-corrected chi connectivity index (χ2v) is 6.68. The van der Waals surface area contributed by atoms with Gasteiger partial charge in [-0.2, -0.15) is 0 Å². The molecule has 1 heterocycles. The highest BCUT2D eigenvalue weighted by molar-refractivity contribution is 5.85. The second kappa shape index (κ2) is 5.80. The van der Waals surface area contributed by atoms with Crippen molar-refractivity contribution in [1.29, 1.82) is 0 Å². The van der Waals surface area contributed by atoms with Crippen LogP contribution in [0.1, 0.15) is 56.8 Å². The van der Waals surface area contributed by atoms with E-state index in [1.165, 1.54) is 17.5 Å². The molecular weight excluding hydrogens is 260 g/mol. The monoisotopic (exact) mass is 286 g/mol. The fraction of sp³-hybridized carbons (Fsp3) is 0.611. The van der Waals surface area contributed by atoms with E-state index in [-0.39, 0.29) is 12.2 Å². The molecule has 1 N–H and O–H groups in total. The Morgan fingerprint density at radius 1 is 1.38 bits per heavy atom. The van der Waals surface area contributed by atoms with Crippen LogP contribution in [0.5, 0.6) is 0 Å². The van der Waals surface area contributed by atoms with Gasteiger partial charge in [0.1, 0.15) is 6.17 Å². The van der Waals surface area contributed by atoms with Crippen LogP contribution in [0.3, 0.4) is 0 Å². The first-order valence-corrected chi connectivity index (χ1v) is 8.26. The minimum Gasteiger partial charge on any atom is -0.319 e. The van der Waals surface area contributed by atoms with E-state index in [1.54, 1.807) is 0 Å². The average molecular weight is 286 g/mol. The maximum absolute atomic E-state index is 12.9. The van der Waals surface area contributed by atoms with E-state index < -0.39 is 0 Å². The summed E-state index contributed by atoms with van der Waals surface area (Å²) >= 11 is 0. The first kappa shape index (κ1) is 14.6. The zero-order valence-electron chi connectivity index (χ0n) is 13.3. The maximum atomic E-state index is 12.9. The summed E-state index contributed by atoms with van der Waals surface area (Å²) < 4.78 is 0. The van der Waals surface area contributed by atoms with Gasteiger partial charge in [0.2, 0.25) is 5.91 Å². The van der Waals surface area contributed by atoms with Crippen molar-refractivity contribution in [3.05, 3.63) is 35.4 Å². The van der Waals surface area contributed by atoms with E-state index in [4.69, 9.17) is 0 Å². The molecule has 114 valence electrons. The molecule has 1 saturated carbocycles. The number of nitrogens with one attached hydrogen (secondary N) is 1. The number of hydrogen-bond donors (Lipinski definition) is 1. The van der Waals surface area contributed by atoms with Crippen molar-refractivity contribution >= 4 is 5.91 Å². The Labute approximate surface area is 127 Å². The van der Waals surface area contributed by atoms with Gasteiger partial charge in [-0.05, 0) is 37.7 Å². The molecule has 1 amide bonds. The average Bonchev–Trinajstić information content (AvgIpc) is 2.75. The highest BCUT2D eigenvalue weighted by atomic mass is 16.2. The highest BCUT2D eigenvalue weighted by Gasteiger charge is 2.45. The molecule has 1 aromatic carbocycles. The summed E-state index contributed by atoms with van der Waals surface area (Å²) in [6, 6.07) is 8.95. The Kier molecular flexibility index (Phi) is 4.03. The first-order chi connectivity index (χ1) is 10.1. The van der Waals surface area contributed by atoms with Crippen molar-refractivity contribution < 1.29 is 4.79 Å². The van der Waals surface area contributed by atoms with Crippen LogP contribution in [0, 0.1) is 12.8 Å². The van der Waals surface area contributed by atoms with Gasteiger partial charge in [-0.25, -0.2) is 0 Å². The van der Waals surface area contributed by atoms with E-state index in [2.05, 4.69) is 55.3 Å². The molecule has 1 saturated heterocycles. The molecule has 0 spiro atoms. The van der Waals surface area contributed by atoms with E-state index >= 15 is 0 Å². The zero-order valence-corrected chi connectivity index (χ0v) is 13.3. The number of carbonyl (C=O) groups excluding carboxylic acids is 1. The van der Waals surface area contributed by atoms with Crippen molar-refractivity contribution in [3.8, 4) is 0 Å². The minimum atomic E-state index is -0.0267. The van der Waals surface area contributed by atoms with Crippen LogP contribution in [0.25, 0.3) is 0 Å².